The lowest BCUT2D eigenvalue weighted by Crippen LogP contribution is -2.13. The van der Waals surface area contributed by atoms with Gasteiger partial charge in [0.05, 0.1) is 11.1 Å². The third-order valence-corrected chi connectivity index (χ3v) is 3.75. The van der Waals surface area contributed by atoms with Gasteiger partial charge in [-0.25, -0.2) is 4.98 Å². The van der Waals surface area contributed by atoms with Gasteiger partial charge in [0.2, 0.25) is 0 Å². The van der Waals surface area contributed by atoms with Crippen LogP contribution in [-0.4, -0.2) is 19.1 Å². The molecule has 0 saturated carbocycles. The summed E-state index contributed by atoms with van der Waals surface area (Å²) >= 11 is 1.67. The average Bonchev–Trinajstić information content (AvgIpc) is 2.48. The van der Waals surface area contributed by atoms with Crippen LogP contribution in [-0.2, 0) is 5.41 Å². The van der Waals surface area contributed by atoms with Crippen molar-refractivity contribution in [3.8, 4) is 12.3 Å². The summed E-state index contributed by atoms with van der Waals surface area (Å²) in [5.41, 5.74) is 0.831. The topological polar surface area (TPSA) is 16.1 Å². The largest absolute Gasteiger partial charge is 0.354 e. The maximum Gasteiger partial charge on any atom is 0.185 e. The number of nitrogens with zero attached hydrogens (tertiary/aromatic N) is 2. The summed E-state index contributed by atoms with van der Waals surface area (Å²) in [7, 11) is 3.98. The van der Waals surface area contributed by atoms with Gasteiger partial charge in [0.15, 0.2) is 5.13 Å². The molecule has 0 aliphatic heterocycles. The second-order valence-electron chi connectivity index (χ2n) is 4.07. The summed E-state index contributed by atoms with van der Waals surface area (Å²) in [5, 5.41) is 1.01. The van der Waals surface area contributed by atoms with Crippen LogP contribution < -0.4 is 4.90 Å². The van der Waals surface area contributed by atoms with E-state index < -0.39 is 0 Å². The predicted molar refractivity (Wildman–Crippen MR) is 63.0 cm³/mol. The standard InChI is InChI=1S/C11H16N2S/c1-7-11(3,4)9-8(2)12-10(14-9)13(5)6/h1H,2-6H3. The van der Waals surface area contributed by atoms with Crippen molar-refractivity contribution in [2.24, 2.45) is 0 Å². The van der Waals surface area contributed by atoms with E-state index in [2.05, 4.69) is 10.9 Å². The molecule has 3 heteroatoms. The molecule has 0 saturated heterocycles. The van der Waals surface area contributed by atoms with E-state index in [-0.39, 0.29) is 5.41 Å². The normalized spacial score (nSPS) is 11.1. The number of hydrogen-bond donors (Lipinski definition) is 0. The second kappa shape index (κ2) is 3.62. The van der Waals surface area contributed by atoms with E-state index in [4.69, 9.17) is 6.42 Å². The molecule has 0 N–H and O–H groups in total. The number of aryl methyl sites for hydroxylation is 1. The molecule has 1 aromatic rings. The van der Waals surface area contributed by atoms with Gasteiger partial charge in [0.1, 0.15) is 0 Å². The highest BCUT2D eigenvalue weighted by Crippen LogP contribution is 2.34. The van der Waals surface area contributed by atoms with Gasteiger partial charge >= 0.3 is 0 Å². The van der Waals surface area contributed by atoms with E-state index in [1.54, 1.807) is 11.3 Å². The van der Waals surface area contributed by atoms with Crippen molar-refractivity contribution in [3.63, 3.8) is 0 Å². The zero-order valence-electron chi connectivity index (χ0n) is 9.38. The highest BCUT2D eigenvalue weighted by Gasteiger charge is 2.24. The molecule has 0 aliphatic carbocycles. The fraction of sp³-hybridized carbons (Fsp3) is 0.545. The molecule has 0 spiro atoms. The van der Waals surface area contributed by atoms with E-state index in [0.717, 1.165) is 10.8 Å². The molecule has 0 unspecified atom stereocenters. The molecule has 0 aliphatic rings. The average molecular weight is 208 g/mol. The predicted octanol–water partition coefficient (Wildman–Crippen LogP) is 2.43. The number of hydrogen-bond acceptors (Lipinski definition) is 3. The van der Waals surface area contributed by atoms with Crippen LogP contribution in [0.15, 0.2) is 0 Å². The Hall–Kier alpha value is -1.01. The smallest absolute Gasteiger partial charge is 0.185 e. The summed E-state index contributed by atoms with van der Waals surface area (Å²) in [4.78, 5) is 7.66. The van der Waals surface area contributed by atoms with E-state index in [9.17, 15) is 0 Å². The maximum atomic E-state index is 5.51. The molecule has 1 aromatic heterocycles. The number of rotatable bonds is 2. The quantitative estimate of drug-likeness (QED) is 0.694. The summed E-state index contributed by atoms with van der Waals surface area (Å²) in [5.74, 6) is 2.80. The number of terminal acetylenes is 1. The summed E-state index contributed by atoms with van der Waals surface area (Å²) in [6.45, 7) is 6.11. The SMILES string of the molecule is C#CC(C)(C)c1sc(N(C)C)nc1C. The molecule has 1 rings (SSSR count). The summed E-state index contributed by atoms with van der Waals surface area (Å²) < 4.78 is 0. The van der Waals surface area contributed by atoms with Gasteiger partial charge in [0.25, 0.3) is 0 Å². The first kappa shape index (κ1) is 11.1. The van der Waals surface area contributed by atoms with Crippen molar-refractivity contribution in [1.29, 1.82) is 0 Å². The van der Waals surface area contributed by atoms with Crippen molar-refractivity contribution in [2.75, 3.05) is 19.0 Å². The van der Waals surface area contributed by atoms with Crippen LogP contribution in [0, 0.1) is 19.3 Å². The van der Waals surface area contributed by atoms with E-state index in [1.165, 1.54) is 4.88 Å². The first-order chi connectivity index (χ1) is 6.38. The van der Waals surface area contributed by atoms with Gasteiger partial charge in [-0.05, 0) is 20.8 Å². The molecule has 0 amide bonds. The number of thiazole rings is 1. The van der Waals surface area contributed by atoms with Crippen molar-refractivity contribution < 1.29 is 0 Å². The summed E-state index contributed by atoms with van der Waals surface area (Å²) in [6.07, 6.45) is 5.51. The van der Waals surface area contributed by atoms with Gasteiger partial charge < -0.3 is 4.90 Å². The molecule has 0 aromatic carbocycles. The van der Waals surface area contributed by atoms with Crippen LogP contribution in [0.4, 0.5) is 5.13 Å². The van der Waals surface area contributed by atoms with Crippen LogP contribution in [0.1, 0.15) is 24.4 Å². The molecule has 1 heterocycles. The van der Waals surface area contributed by atoms with Gasteiger partial charge in [-0.1, -0.05) is 5.92 Å². The van der Waals surface area contributed by atoms with E-state index >= 15 is 0 Å². The Balaban J connectivity index is 3.19. The minimum atomic E-state index is -0.212. The second-order valence-corrected chi connectivity index (χ2v) is 5.05. The number of anilines is 1. The lowest BCUT2D eigenvalue weighted by atomic mass is 9.92. The molecule has 76 valence electrons. The Kier molecular flexibility index (Phi) is 2.86. The van der Waals surface area contributed by atoms with Gasteiger partial charge in [-0.2, -0.15) is 0 Å². The molecule has 0 fully saturated rings. The van der Waals surface area contributed by atoms with Crippen LogP contribution in [0.2, 0.25) is 0 Å². The molecule has 2 nitrogen and oxygen atoms in total. The fourth-order valence-corrected chi connectivity index (χ4v) is 2.27. The van der Waals surface area contributed by atoms with Gasteiger partial charge in [-0.3, -0.25) is 0 Å². The van der Waals surface area contributed by atoms with E-state index in [1.807, 2.05) is 39.8 Å². The maximum absolute atomic E-state index is 5.51. The first-order valence-corrected chi connectivity index (χ1v) is 5.33. The lowest BCUT2D eigenvalue weighted by molar-refractivity contribution is 0.707. The third kappa shape index (κ3) is 1.91. The lowest BCUT2D eigenvalue weighted by Gasteiger charge is -2.15. The van der Waals surface area contributed by atoms with Gasteiger partial charge in [0, 0.05) is 19.0 Å². The molecule has 0 atom stereocenters. The first-order valence-electron chi connectivity index (χ1n) is 4.51. The minimum Gasteiger partial charge on any atom is -0.354 e. The number of aromatic nitrogens is 1. The molecule has 14 heavy (non-hydrogen) atoms. The zero-order chi connectivity index (χ0) is 10.9. The van der Waals surface area contributed by atoms with Crippen molar-refractivity contribution in [1.82, 2.24) is 4.98 Å². The minimum absolute atomic E-state index is 0.212. The summed E-state index contributed by atoms with van der Waals surface area (Å²) in [6, 6.07) is 0. The van der Waals surface area contributed by atoms with Crippen molar-refractivity contribution >= 4 is 16.5 Å². The fourth-order valence-electron chi connectivity index (χ4n) is 1.22. The third-order valence-electron chi connectivity index (χ3n) is 2.10. The molecule has 0 bridgehead atoms. The Morgan fingerprint density at radius 3 is 2.36 bits per heavy atom. The van der Waals surface area contributed by atoms with Crippen LogP contribution >= 0.6 is 11.3 Å². The Morgan fingerprint density at radius 1 is 1.43 bits per heavy atom. The molecular formula is C11H16N2S. The van der Waals surface area contributed by atoms with Crippen LogP contribution in [0.5, 0.6) is 0 Å². The monoisotopic (exact) mass is 208 g/mol. The highest BCUT2D eigenvalue weighted by atomic mass is 32.1. The molecule has 0 radical (unpaired) electrons. The Labute approximate surface area is 90.0 Å². The zero-order valence-corrected chi connectivity index (χ0v) is 10.2. The van der Waals surface area contributed by atoms with Crippen molar-refractivity contribution in [2.45, 2.75) is 26.2 Å². The van der Waals surface area contributed by atoms with Gasteiger partial charge in [-0.15, -0.1) is 17.8 Å². The van der Waals surface area contributed by atoms with Crippen LogP contribution in [0.25, 0.3) is 0 Å². The van der Waals surface area contributed by atoms with E-state index in [0.29, 0.717) is 0 Å². The van der Waals surface area contributed by atoms with Crippen molar-refractivity contribution in [3.05, 3.63) is 10.6 Å². The Morgan fingerprint density at radius 2 is 2.00 bits per heavy atom. The Bertz CT molecular complexity index is 369. The highest BCUT2D eigenvalue weighted by molar-refractivity contribution is 7.15. The van der Waals surface area contributed by atoms with Crippen LogP contribution in [0.3, 0.4) is 0 Å². The molecular weight excluding hydrogens is 192 g/mol.